The molecule has 0 amide bonds. The van der Waals surface area contributed by atoms with Crippen LogP contribution in [0.15, 0.2) is 48.7 Å². The van der Waals surface area contributed by atoms with E-state index >= 15 is 0 Å². The SMILES string of the molecule is N#Cc1c(CCCNc2nnc(-c3ccccn3)s2)nn(-c2ccc(F)cc2)c1N. The maximum Gasteiger partial charge on any atom is 0.206 e. The topological polar surface area (TPSA) is 118 Å². The Kier molecular flexibility index (Phi) is 5.63. The maximum atomic E-state index is 13.2. The lowest BCUT2D eigenvalue weighted by atomic mass is 10.1. The van der Waals surface area contributed by atoms with Gasteiger partial charge in [0.2, 0.25) is 5.13 Å². The van der Waals surface area contributed by atoms with Crippen LogP contribution < -0.4 is 11.1 Å². The van der Waals surface area contributed by atoms with Crippen molar-refractivity contribution in [2.24, 2.45) is 0 Å². The average Bonchev–Trinajstić information content (AvgIpc) is 3.37. The summed E-state index contributed by atoms with van der Waals surface area (Å²) in [4.78, 5) is 4.26. The van der Waals surface area contributed by atoms with Crippen molar-refractivity contribution in [2.45, 2.75) is 12.8 Å². The molecule has 0 aliphatic rings. The minimum Gasteiger partial charge on any atom is -0.382 e. The summed E-state index contributed by atoms with van der Waals surface area (Å²) in [5, 5.41) is 26.9. The quantitative estimate of drug-likeness (QED) is 0.440. The number of aromatic nitrogens is 5. The summed E-state index contributed by atoms with van der Waals surface area (Å²) in [5.74, 6) is -0.102. The van der Waals surface area contributed by atoms with Crippen LogP contribution in [0.25, 0.3) is 16.4 Å². The number of halogens is 1. The molecule has 0 saturated carbocycles. The minimum absolute atomic E-state index is 0.246. The zero-order valence-corrected chi connectivity index (χ0v) is 16.6. The summed E-state index contributed by atoms with van der Waals surface area (Å²) >= 11 is 1.43. The van der Waals surface area contributed by atoms with E-state index in [1.54, 1.807) is 18.3 Å². The number of nitrogens with one attached hydrogen (secondary N) is 1. The summed E-state index contributed by atoms with van der Waals surface area (Å²) in [5.41, 5.74) is 8.41. The Bertz CT molecular complexity index is 1180. The van der Waals surface area contributed by atoms with E-state index in [9.17, 15) is 9.65 Å². The van der Waals surface area contributed by atoms with Crippen LogP contribution in [0.3, 0.4) is 0 Å². The van der Waals surface area contributed by atoms with Gasteiger partial charge >= 0.3 is 0 Å². The number of nitrogens with zero attached hydrogens (tertiary/aromatic N) is 6. The second-order valence-electron chi connectivity index (χ2n) is 6.36. The third kappa shape index (κ3) is 4.11. The Morgan fingerprint density at radius 3 is 2.73 bits per heavy atom. The number of nitrogens with two attached hydrogens (primary N) is 1. The molecule has 1 aromatic carbocycles. The van der Waals surface area contributed by atoms with Gasteiger partial charge in [-0.05, 0) is 49.2 Å². The second-order valence-corrected chi connectivity index (χ2v) is 7.34. The highest BCUT2D eigenvalue weighted by atomic mass is 32.1. The summed E-state index contributed by atoms with van der Waals surface area (Å²) in [7, 11) is 0. The van der Waals surface area contributed by atoms with Crippen molar-refractivity contribution in [3.63, 3.8) is 0 Å². The molecule has 0 bridgehead atoms. The van der Waals surface area contributed by atoms with Gasteiger partial charge in [0, 0.05) is 12.7 Å². The van der Waals surface area contributed by atoms with Gasteiger partial charge in [-0.15, -0.1) is 10.2 Å². The van der Waals surface area contributed by atoms with Crippen LogP contribution in [0.2, 0.25) is 0 Å². The van der Waals surface area contributed by atoms with E-state index in [1.807, 2.05) is 18.2 Å². The predicted molar refractivity (Wildman–Crippen MR) is 113 cm³/mol. The molecule has 4 rings (SSSR count). The standard InChI is InChI=1S/C20H17FN8S/c21-13-6-8-14(9-7-13)29-18(23)15(12-22)16(28-29)5-3-11-25-20-27-26-19(30-20)17-4-1-2-10-24-17/h1-2,4,6-10H,3,5,11,23H2,(H,25,27). The molecule has 4 aromatic rings. The van der Waals surface area contributed by atoms with Crippen LogP contribution in [0.1, 0.15) is 17.7 Å². The summed E-state index contributed by atoms with van der Waals surface area (Å²) in [6.07, 6.45) is 2.99. The number of nitrogen functional groups attached to an aromatic ring is 1. The number of benzene rings is 1. The minimum atomic E-state index is -0.348. The predicted octanol–water partition coefficient (Wildman–Crippen LogP) is 3.42. The van der Waals surface area contributed by atoms with E-state index in [1.165, 1.54) is 28.2 Å². The number of pyridine rings is 1. The van der Waals surface area contributed by atoms with Gasteiger partial charge in [-0.1, -0.05) is 17.4 Å². The zero-order valence-electron chi connectivity index (χ0n) is 15.8. The number of aryl methyl sites for hydroxylation is 1. The van der Waals surface area contributed by atoms with Crippen LogP contribution >= 0.6 is 11.3 Å². The van der Waals surface area contributed by atoms with Gasteiger partial charge in [0.05, 0.1) is 11.4 Å². The Balaban J connectivity index is 1.39. The number of anilines is 2. The van der Waals surface area contributed by atoms with Crippen molar-refractivity contribution >= 4 is 22.3 Å². The number of hydrogen-bond acceptors (Lipinski definition) is 8. The van der Waals surface area contributed by atoms with Crippen molar-refractivity contribution in [3.05, 3.63) is 65.7 Å². The summed E-state index contributed by atoms with van der Waals surface area (Å²) in [6, 6.07) is 13.5. The summed E-state index contributed by atoms with van der Waals surface area (Å²) in [6.45, 7) is 0.630. The maximum absolute atomic E-state index is 13.2. The first-order chi connectivity index (χ1) is 14.7. The fourth-order valence-corrected chi connectivity index (χ4v) is 3.64. The van der Waals surface area contributed by atoms with Crippen molar-refractivity contribution in [2.75, 3.05) is 17.6 Å². The van der Waals surface area contributed by atoms with E-state index in [0.29, 0.717) is 41.5 Å². The van der Waals surface area contributed by atoms with Crippen LogP contribution in [0.5, 0.6) is 0 Å². The third-order valence-electron chi connectivity index (χ3n) is 4.35. The van der Waals surface area contributed by atoms with Gasteiger partial charge in [-0.2, -0.15) is 10.4 Å². The van der Waals surface area contributed by atoms with Crippen molar-refractivity contribution in [1.82, 2.24) is 25.0 Å². The first-order valence-corrected chi connectivity index (χ1v) is 9.99. The molecular weight excluding hydrogens is 403 g/mol. The molecule has 0 radical (unpaired) electrons. The van der Waals surface area contributed by atoms with Gasteiger partial charge in [0.25, 0.3) is 0 Å². The molecule has 0 aliphatic carbocycles. The first-order valence-electron chi connectivity index (χ1n) is 9.18. The third-order valence-corrected chi connectivity index (χ3v) is 5.26. The Morgan fingerprint density at radius 1 is 1.17 bits per heavy atom. The number of nitriles is 1. The molecule has 0 atom stereocenters. The Morgan fingerprint density at radius 2 is 2.00 bits per heavy atom. The molecule has 0 aliphatic heterocycles. The fourth-order valence-electron chi connectivity index (χ4n) is 2.89. The lowest BCUT2D eigenvalue weighted by molar-refractivity contribution is 0.627. The zero-order chi connectivity index (χ0) is 20.9. The van der Waals surface area contributed by atoms with Crippen LogP contribution in [0.4, 0.5) is 15.3 Å². The van der Waals surface area contributed by atoms with Gasteiger partial charge in [0.1, 0.15) is 29.0 Å². The molecule has 150 valence electrons. The molecule has 0 spiro atoms. The van der Waals surface area contributed by atoms with Crippen LogP contribution in [-0.2, 0) is 6.42 Å². The molecule has 30 heavy (non-hydrogen) atoms. The first kappa shape index (κ1) is 19.5. The molecule has 0 unspecified atom stereocenters. The van der Waals surface area contributed by atoms with E-state index in [4.69, 9.17) is 5.73 Å². The normalized spacial score (nSPS) is 10.7. The second kappa shape index (κ2) is 8.67. The molecule has 3 heterocycles. The monoisotopic (exact) mass is 420 g/mol. The van der Waals surface area contributed by atoms with E-state index in [0.717, 1.165) is 10.7 Å². The largest absolute Gasteiger partial charge is 0.382 e. The van der Waals surface area contributed by atoms with Gasteiger partial charge in [0.15, 0.2) is 5.01 Å². The molecule has 0 saturated heterocycles. The van der Waals surface area contributed by atoms with E-state index in [-0.39, 0.29) is 11.6 Å². The smallest absolute Gasteiger partial charge is 0.206 e. The van der Waals surface area contributed by atoms with E-state index < -0.39 is 0 Å². The molecule has 3 N–H and O–H groups in total. The van der Waals surface area contributed by atoms with Gasteiger partial charge in [-0.3, -0.25) is 4.98 Å². The molecule has 0 fully saturated rings. The molecule has 10 heteroatoms. The van der Waals surface area contributed by atoms with Gasteiger partial charge < -0.3 is 11.1 Å². The van der Waals surface area contributed by atoms with Crippen LogP contribution in [-0.4, -0.2) is 31.5 Å². The number of rotatable bonds is 7. The average molecular weight is 420 g/mol. The van der Waals surface area contributed by atoms with E-state index in [2.05, 4.69) is 31.7 Å². The van der Waals surface area contributed by atoms with Gasteiger partial charge in [-0.25, -0.2) is 9.07 Å². The Labute approximate surface area is 175 Å². The fraction of sp³-hybridized carbons (Fsp3) is 0.150. The molecular formula is C20H17FN8S. The number of hydrogen-bond donors (Lipinski definition) is 2. The lowest BCUT2D eigenvalue weighted by Gasteiger charge is -2.03. The highest BCUT2D eigenvalue weighted by molar-refractivity contribution is 7.18. The van der Waals surface area contributed by atoms with Crippen molar-refractivity contribution < 1.29 is 4.39 Å². The highest BCUT2D eigenvalue weighted by Crippen LogP contribution is 2.25. The van der Waals surface area contributed by atoms with Crippen molar-refractivity contribution in [3.8, 4) is 22.5 Å². The lowest BCUT2D eigenvalue weighted by Crippen LogP contribution is -2.04. The molecule has 3 aromatic heterocycles. The highest BCUT2D eigenvalue weighted by Gasteiger charge is 2.16. The Hall–Kier alpha value is -3.84. The summed E-state index contributed by atoms with van der Waals surface area (Å²) < 4.78 is 14.6. The molecule has 8 nitrogen and oxygen atoms in total. The van der Waals surface area contributed by atoms with Crippen LogP contribution in [0, 0.1) is 17.1 Å². The van der Waals surface area contributed by atoms with Crippen molar-refractivity contribution in [1.29, 1.82) is 5.26 Å².